The number of nitro benzene ring substituents is 1. The van der Waals surface area contributed by atoms with Crippen LogP contribution in [0.2, 0.25) is 0 Å². The minimum Gasteiger partial charge on any atom is -0.493 e. The Morgan fingerprint density at radius 2 is 2.00 bits per heavy atom. The number of rotatable bonds is 7. The van der Waals surface area contributed by atoms with E-state index in [1.165, 1.54) is 19.2 Å². The second-order valence-electron chi connectivity index (χ2n) is 6.45. The number of benzene rings is 1. The number of hydrogen-bond acceptors (Lipinski definition) is 6. The molecule has 1 saturated heterocycles. The van der Waals surface area contributed by atoms with E-state index in [4.69, 9.17) is 9.47 Å². The van der Waals surface area contributed by atoms with Crippen molar-refractivity contribution in [2.75, 3.05) is 33.4 Å². The number of nitrogens with one attached hydrogen (secondary N) is 2. The Balaban J connectivity index is 0.00000338. The van der Waals surface area contributed by atoms with Crippen molar-refractivity contribution in [1.82, 2.24) is 10.6 Å². The van der Waals surface area contributed by atoms with E-state index >= 15 is 0 Å². The topological polar surface area (TPSA) is 103 Å². The molecule has 2 rings (SSSR count). The Morgan fingerprint density at radius 1 is 1.35 bits per heavy atom. The number of nitrogens with zero attached hydrogens (tertiary/aromatic N) is 1. The fourth-order valence-corrected chi connectivity index (χ4v) is 2.91. The number of nitro groups is 1. The molecule has 0 atom stereocenters. The normalized spacial score (nSPS) is 15.5. The first-order valence-electron chi connectivity index (χ1n) is 8.38. The Morgan fingerprint density at radius 3 is 2.54 bits per heavy atom. The van der Waals surface area contributed by atoms with Crippen LogP contribution in [-0.4, -0.2) is 44.2 Å². The molecule has 1 aliphatic rings. The van der Waals surface area contributed by atoms with Crippen molar-refractivity contribution in [2.45, 2.75) is 26.7 Å². The van der Waals surface area contributed by atoms with Gasteiger partial charge in [-0.2, -0.15) is 0 Å². The standard InChI is InChI=1S/C17H25N3O5.ClH/c1-4-25-15-9-12(13(20(22)23)10-14(15)24-3)16(21)19-11-17(2)5-7-18-8-6-17;/h9-10,18H,4-8,11H2,1-3H3,(H,19,21);1H. The smallest absolute Gasteiger partial charge is 0.286 e. The van der Waals surface area contributed by atoms with Crippen LogP contribution in [0.1, 0.15) is 37.0 Å². The van der Waals surface area contributed by atoms with E-state index in [0.717, 1.165) is 25.9 Å². The zero-order valence-electron chi connectivity index (χ0n) is 15.3. The van der Waals surface area contributed by atoms with Gasteiger partial charge in [0.2, 0.25) is 0 Å². The van der Waals surface area contributed by atoms with Crippen molar-refractivity contribution in [3.63, 3.8) is 0 Å². The van der Waals surface area contributed by atoms with E-state index < -0.39 is 10.8 Å². The number of piperidine rings is 1. The van der Waals surface area contributed by atoms with Crippen LogP contribution in [0.25, 0.3) is 0 Å². The van der Waals surface area contributed by atoms with Crippen molar-refractivity contribution in [2.24, 2.45) is 5.41 Å². The lowest BCUT2D eigenvalue weighted by Crippen LogP contribution is -2.43. The highest BCUT2D eigenvalue weighted by atomic mass is 35.5. The predicted octanol–water partition coefficient (Wildman–Crippen LogP) is 2.54. The van der Waals surface area contributed by atoms with E-state index in [1.807, 2.05) is 0 Å². The van der Waals surface area contributed by atoms with Crippen LogP contribution in [-0.2, 0) is 0 Å². The lowest BCUT2D eigenvalue weighted by Gasteiger charge is -2.34. The van der Waals surface area contributed by atoms with Crippen LogP contribution in [0.5, 0.6) is 11.5 Å². The van der Waals surface area contributed by atoms with Gasteiger partial charge in [0, 0.05) is 12.6 Å². The molecule has 1 heterocycles. The summed E-state index contributed by atoms with van der Waals surface area (Å²) >= 11 is 0. The Labute approximate surface area is 159 Å². The van der Waals surface area contributed by atoms with Crippen molar-refractivity contribution >= 4 is 24.0 Å². The molecule has 8 nitrogen and oxygen atoms in total. The summed E-state index contributed by atoms with van der Waals surface area (Å²) in [5.41, 5.74) is -0.328. The summed E-state index contributed by atoms with van der Waals surface area (Å²) in [6.07, 6.45) is 1.89. The Kier molecular flexibility index (Phi) is 8.10. The second-order valence-corrected chi connectivity index (χ2v) is 6.45. The fraction of sp³-hybridized carbons (Fsp3) is 0.588. The summed E-state index contributed by atoms with van der Waals surface area (Å²) in [4.78, 5) is 23.4. The number of hydrogen-bond donors (Lipinski definition) is 2. The molecule has 0 aromatic heterocycles. The molecule has 2 N–H and O–H groups in total. The first kappa shape index (κ1) is 22.0. The van der Waals surface area contributed by atoms with E-state index in [2.05, 4.69) is 17.6 Å². The van der Waals surface area contributed by atoms with E-state index in [1.54, 1.807) is 6.92 Å². The number of carbonyl (C=O) groups excluding carboxylic acids is 1. The molecule has 0 saturated carbocycles. The van der Waals surface area contributed by atoms with Crippen LogP contribution < -0.4 is 20.1 Å². The minimum atomic E-state index is -0.584. The van der Waals surface area contributed by atoms with Gasteiger partial charge >= 0.3 is 0 Å². The fourth-order valence-electron chi connectivity index (χ4n) is 2.91. The van der Waals surface area contributed by atoms with Gasteiger partial charge in [0.05, 0.1) is 24.7 Å². The molecule has 0 unspecified atom stereocenters. The van der Waals surface area contributed by atoms with Crippen LogP contribution in [0, 0.1) is 15.5 Å². The molecular formula is C17H26ClN3O5. The third kappa shape index (κ3) is 5.22. The molecule has 146 valence electrons. The molecule has 26 heavy (non-hydrogen) atoms. The van der Waals surface area contributed by atoms with Gasteiger partial charge in [-0.05, 0) is 38.3 Å². The monoisotopic (exact) mass is 387 g/mol. The molecule has 0 bridgehead atoms. The molecule has 1 aromatic carbocycles. The average Bonchev–Trinajstić information content (AvgIpc) is 2.60. The number of carbonyl (C=O) groups is 1. The minimum absolute atomic E-state index is 0. The Hall–Kier alpha value is -2.06. The number of methoxy groups -OCH3 is 1. The third-order valence-corrected chi connectivity index (χ3v) is 4.51. The first-order valence-corrected chi connectivity index (χ1v) is 8.38. The maximum absolute atomic E-state index is 12.6. The van der Waals surface area contributed by atoms with Gasteiger partial charge in [-0.3, -0.25) is 14.9 Å². The van der Waals surface area contributed by atoms with Crippen LogP contribution in [0.15, 0.2) is 12.1 Å². The molecule has 1 amide bonds. The summed E-state index contributed by atoms with van der Waals surface area (Å²) in [6.45, 7) is 6.55. The zero-order valence-corrected chi connectivity index (χ0v) is 16.1. The van der Waals surface area contributed by atoms with Gasteiger partial charge < -0.3 is 20.1 Å². The van der Waals surface area contributed by atoms with Crippen LogP contribution in [0.4, 0.5) is 5.69 Å². The molecule has 1 aliphatic heterocycles. The third-order valence-electron chi connectivity index (χ3n) is 4.51. The quantitative estimate of drug-likeness (QED) is 0.550. The lowest BCUT2D eigenvalue weighted by atomic mass is 9.81. The summed E-state index contributed by atoms with van der Waals surface area (Å²) in [5.74, 6) is 0.0688. The molecule has 0 radical (unpaired) electrons. The SMILES string of the molecule is CCOc1cc(C(=O)NCC2(C)CCNCC2)c([N+](=O)[O-])cc1OC.Cl. The van der Waals surface area contributed by atoms with Crippen molar-refractivity contribution in [3.05, 3.63) is 27.8 Å². The Bertz CT molecular complexity index is 648. The van der Waals surface area contributed by atoms with Gasteiger partial charge in [-0.25, -0.2) is 0 Å². The van der Waals surface area contributed by atoms with E-state index in [-0.39, 0.29) is 34.8 Å². The maximum atomic E-state index is 12.6. The summed E-state index contributed by atoms with van der Waals surface area (Å²) in [7, 11) is 1.40. The van der Waals surface area contributed by atoms with E-state index in [0.29, 0.717) is 18.9 Å². The molecular weight excluding hydrogens is 362 g/mol. The zero-order chi connectivity index (χ0) is 18.4. The van der Waals surface area contributed by atoms with Crippen LogP contribution >= 0.6 is 12.4 Å². The molecule has 1 fully saturated rings. The molecule has 9 heteroatoms. The highest BCUT2D eigenvalue weighted by Crippen LogP contribution is 2.35. The number of ether oxygens (including phenoxy) is 2. The van der Waals surface area contributed by atoms with Gasteiger partial charge in [-0.1, -0.05) is 6.92 Å². The summed E-state index contributed by atoms with van der Waals surface area (Å²) in [5, 5.41) is 17.5. The van der Waals surface area contributed by atoms with Gasteiger partial charge in [0.1, 0.15) is 5.56 Å². The number of amides is 1. The second kappa shape index (κ2) is 9.59. The van der Waals surface area contributed by atoms with Gasteiger partial charge in [0.15, 0.2) is 11.5 Å². The van der Waals surface area contributed by atoms with Crippen molar-refractivity contribution in [1.29, 1.82) is 0 Å². The lowest BCUT2D eigenvalue weighted by molar-refractivity contribution is -0.385. The highest BCUT2D eigenvalue weighted by Gasteiger charge is 2.29. The van der Waals surface area contributed by atoms with Gasteiger partial charge in [-0.15, -0.1) is 12.4 Å². The van der Waals surface area contributed by atoms with Gasteiger partial charge in [0.25, 0.3) is 11.6 Å². The summed E-state index contributed by atoms with van der Waals surface area (Å²) < 4.78 is 10.6. The predicted molar refractivity (Wildman–Crippen MR) is 101 cm³/mol. The molecule has 0 spiro atoms. The average molecular weight is 388 g/mol. The van der Waals surface area contributed by atoms with Crippen molar-refractivity contribution < 1.29 is 19.2 Å². The molecule has 1 aromatic rings. The highest BCUT2D eigenvalue weighted by molar-refractivity contribution is 5.99. The maximum Gasteiger partial charge on any atom is 0.286 e. The van der Waals surface area contributed by atoms with Crippen LogP contribution in [0.3, 0.4) is 0 Å². The number of halogens is 1. The summed E-state index contributed by atoms with van der Waals surface area (Å²) in [6, 6.07) is 2.60. The first-order chi connectivity index (χ1) is 11.9. The van der Waals surface area contributed by atoms with Crippen molar-refractivity contribution in [3.8, 4) is 11.5 Å². The molecule has 0 aliphatic carbocycles. The van der Waals surface area contributed by atoms with E-state index in [9.17, 15) is 14.9 Å². The largest absolute Gasteiger partial charge is 0.493 e.